The maximum atomic E-state index is 3.89. The van der Waals surface area contributed by atoms with Crippen molar-refractivity contribution in [1.29, 1.82) is 0 Å². The lowest BCUT2D eigenvalue weighted by Crippen LogP contribution is -2.24. The van der Waals surface area contributed by atoms with Crippen molar-refractivity contribution in [2.75, 3.05) is 0 Å². The van der Waals surface area contributed by atoms with E-state index in [-0.39, 0.29) is 0 Å². The Morgan fingerprint density at radius 1 is 1.17 bits per heavy atom. The SMILES string of the molecule is C=Cc1ccc2[nH]c3c(c2c1)CCCC3NCc1ccccc1. The molecule has 3 aromatic rings. The standard InChI is InChI=1S/C21H22N2/c1-2-15-11-12-19-18(13-15)17-9-6-10-20(21(17)23-19)22-14-16-7-4-3-5-8-16/h2-5,7-8,11-13,20,22-23H,1,6,9-10,14H2. The minimum absolute atomic E-state index is 0.415. The largest absolute Gasteiger partial charge is 0.357 e. The molecule has 1 heterocycles. The molecule has 1 atom stereocenters. The monoisotopic (exact) mass is 302 g/mol. The molecule has 1 aliphatic rings. The molecule has 0 saturated heterocycles. The van der Waals surface area contributed by atoms with Gasteiger partial charge in [0.25, 0.3) is 0 Å². The molecule has 0 saturated carbocycles. The predicted molar refractivity (Wildman–Crippen MR) is 97.4 cm³/mol. The summed E-state index contributed by atoms with van der Waals surface area (Å²) in [7, 11) is 0. The van der Waals surface area contributed by atoms with Gasteiger partial charge in [-0.3, -0.25) is 0 Å². The lowest BCUT2D eigenvalue weighted by molar-refractivity contribution is 0.452. The number of aromatic nitrogens is 1. The number of aryl methyl sites for hydroxylation is 1. The summed E-state index contributed by atoms with van der Waals surface area (Å²) in [6, 6.07) is 17.6. The van der Waals surface area contributed by atoms with E-state index in [9.17, 15) is 0 Å². The van der Waals surface area contributed by atoms with Gasteiger partial charge in [-0.15, -0.1) is 0 Å². The summed E-state index contributed by atoms with van der Waals surface area (Å²) < 4.78 is 0. The minimum atomic E-state index is 0.415. The number of rotatable bonds is 4. The third kappa shape index (κ3) is 2.71. The summed E-state index contributed by atoms with van der Waals surface area (Å²) in [6.07, 6.45) is 5.53. The Kier molecular flexibility index (Phi) is 3.76. The Hall–Kier alpha value is -2.32. The zero-order chi connectivity index (χ0) is 15.6. The lowest BCUT2D eigenvalue weighted by Gasteiger charge is -2.24. The van der Waals surface area contributed by atoms with Crippen LogP contribution in [0.15, 0.2) is 55.1 Å². The number of fused-ring (bicyclic) bond motifs is 3. The number of benzene rings is 2. The fourth-order valence-corrected chi connectivity index (χ4v) is 3.65. The highest BCUT2D eigenvalue weighted by Crippen LogP contribution is 2.35. The van der Waals surface area contributed by atoms with Gasteiger partial charge in [-0.05, 0) is 48.1 Å². The van der Waals surface area contributed by atoms with Gasteiger partial charge >= 0.3 is 0 Å². The van der Waals surface area contributed by atoms with Crippen molar-refractivity contribution in [3.8, 4) is 0 Å². The van der Waals surface area contributed by atoms with Crippen LogP contribution in [0.5, 0.6) is 0 Å². The third-order valence-electron chi connectivity index (χ3n) is 4.86. The molecule has 1 aromatic heterocycles. The van der Waals surface area contributed by atoms with E-state index >= 15 is 0 Å². The first-order chi connectivity index (χ1) is 11.3. The van der Waals surface area contributed by atoms with Gasteiger partial charge in [0.15, 0.2) is 0 Å². The quantitative estimate of drug-likeness (QED) is 0.699. The van der Waals surface area contributed by atoms with Crippen LogP contribution in [0.3, 0.4) is 0 Å². The van der Waals surface area contributed by atoms with Crippen molar-refractivity contribution >= 4 is 17.0 Å². The summed E-state index contributed by atoms with van der Waals surface area (Å²) in [5, 5.41) is 5.10. The van der Waals surface area contributed by atoms with Crippen LogP contribution in [0, 0.1) is 0 Å². The summed E-state index contributed by atoms with van der Waals surface area (Å²) in [6.45, 7) is 4.80. The second-order valence-electron chi connectivity index (χ2n) is 6.34. The maximum absolute atomic E-state index is 3.89. The van der Waals surface area contributed by atoms with E-state index in [1.54, 1.807) is 0 Å². The summed E-state index contributed by atoms with van der Waals surface area (Å²) in [5.74, 6) is 0. The van der Waals surface area contributed by atoms with E-state index in [2.05, 4.69) is 65.4 Å². The fraction of sp³-hybridized carbons (Fsp3) is 0.238. The molecule has 1 unspecified atom stereocenters. The first-order valence-corrected chi connectivity index (χ1v) is 8.39. The van der Waals surface area contributed by atoms with E-state index in [1.807, 2.05) is 6.08 Å². The molecular formula is C21H22N2. The number of H-pyrrole nitrogens is 1. The average molecular weight is 302 g/mol. The summed E-state index contributed by atoms with van der Waals surface area (Å²) >= 11 is 0. The average Bonchev–Trinajstić information content (AvgIpc) is 2.99. The maximum Gasteiger partial charge on any atom is 0.0478 e. The molecule has 4 rings (SSSR count). The molecule has 2 N–H and O–H groups in total. The number of hydrogen-bond donors (Lipinski definition) is 2. The molecule has 0 spiro atoms. The van der Waals surface area contributed by atoms with Crippen LogP contribution in [0.1, 0.15) is 41.3 Å². The van der Waals surface area contributed by atoms with Gasteiger partial charge in [-0.25, -0.2) is 0 Å². The highest BCUT2D eigenvalue weighted by molar-refractivity contribution is 5.87. The van der Waals surface area contributed by atoms with E-state index in [0.29, 0.717) is 6.04 Å². The third-order valence-corrected chi connectivity index (χ3v) is 4.86. The van der Waals surface area contributed by atoms with Crippen LogP contribution in [0.25, 0.3) is 17.0 Å². The van der Waals surface area contributed by atoms with E-state index in [0.717, 1.165) is 6.54 Å². The Balaban J connectivity index is 1.64. The number of nitrogens with one attached hydrogen (secondary N) is 2. The van der Waals surface area contributed by atoms with Crippen LogP contribution in [0.4, 0.5) is 0 Å². The van der Waals surface area contributed by atoms with Gasteiger partial charge in [0, 0.05) is 29.2 Å². The Labute approximate surface area is 137 Å². The van der Waals surface area contributed by atoms with Gasteiger partial charge < -0.3 is 10.3 Å². The molecule has 0 radical (unpaired) electrons. The van der Waals surface area contributed by atoms with Gasteiger partial charge in [0.1, 0.15) is 0 Å². The van der Waals surface area contributed by atoms with E-state index in [1.165, 1.54) is 52.5 Å². The predicted octanol–water partition coefficient (Wildman–Crippen LogP) is 4.98. The van der Waals surface area contributed by atoms with Crippen LogP contribution < -0.4 is 5.32 Å². The number of hydrogen-bond acceptors (Lipinski definition) is 1. The molecule has 2 nitrogen and oxygen atoms in total. The summed E-state index contributed by atoms with van der Waals surface area (Å²) in [5.41, 5.74) is 6.64. The summed E-state index contributed by atoms with van der Waals surface area (Å²) in [4.78, 5) is 3.66. The van der Waals surface area contributed by atoms with Crippen molar-refractivity contribution in [3.63, 3.8) is 0 Å². The molecule has 0 fully saturated rings. The lowest BCUT2D eigenvalue weighted by atomic mass is 9.91. The molecule has 0 aliphatic heterocycles. The van der Waals surface area contributed by atoms with Crippen molar-refractivity contribution in [1.82, 2.24) is 10.3 Å². The van der Waals surface area contributed by atoms with Gasteiger partial charge in [0.05, 0.1) is 0 Å². The van der Waals surface area contributed by atoms with Gasteiger partial charge in [0.2, 0.25) is 0 Å². The van der Waals surface area contributed by atoms with Crippen molar-refractivity contribution in [2.45, 2.75) is 31.8 Å². The first-order valence-electron chi connectivity index (χ1n) is 8.39. The normalized spacial score (nSPS) is 17.1. The topological polar surface area (TPSA) is 27.8 Å². The highest BCUT2D eigenvalue weighted by atomic mass is 14.9. The Morgan fingerprint density at radius 3 is 2.87 bits per heavy atom. The van der Waals surface area contributed by atoms with Crippen LogP contribution in [-0.2, 0) is 13.0 Å². The molecule has 2 aromatic carbocycles. The Bertz CT molecular complexity index is 830. The molecule has 116 valence electrons. The van der Waals surface area contributed by atoms with Gasteiger partial charge in [-0.1, -0.05) is 49.1 Å². The van der Waals surface area contributed by atoms with E-state index in [4.69, 9.17) is 0 Å². The first kappa shape index (κ1) is 14.3. The van der Waals surface area contributed by atoms with Crippen LogP contribution >= 0.6 is 0 Å². The molecule has 0 bridgehead atoms. The second-order valence-corrected chi connectivity index (χ2v) is 6.34. The fourth-order valence-electron chi connectivity index (χ4n) is 3.65. The molecule has 0 amide bonds. The zero-order valence-corrected chi connectivity index (χ0v) is 13.3. The molecular weight excluding hydrogens is 280 g/mol. The van der Waals surface area contributed by atoms with Crippen molar-refractivity contribution in [2.24, 2.45) is 0 Å². The Morgan fingerprint density at radius 2 is 2.04 bits per heavy atom. The zero-order valence-electron chi connectivity index (χ0n) is 13.3. The molecule has 23 heavy (non-hydrogen) atoms. The highest BCUT2D eigenvalue weighted by Gasteiger charge is 2.23. The minimum Gasteiger partial charge on any atom is -0.357 e. The number of aromatic amines is 1. The molecule has 1 aliphatic carbocycles. The van der Waals surface area contributed by atoms with Crippen LogP contribution in [0.2, 0.25) is 0 Å². The van der Waals surface area contributed by atoms with Crippen molar-refractivity contribution < 1.29 is 0 Å². The second kappa shape index (κ2) is 6.05. The van der Waals surface area contributed by atoms with Crippen LogP contribution in [-0.4, -0.2) is 4.98 Å². The smallest absolute Gasteiger partial charge is 0.0478 e. The van der Waals surface area contributed by atoms with Gasteiger partial charge in [-0.2, -0.15) is 0 Å². The van der Waals surface area contributed by atoms with E-state index < -0.39 is 0 Å². The van der Waals surface area contributed by atoms with Crippen molar-refractivity contribution in [3.05, 3.63) is 77.5 Å². The molecule has 2 heteroatoms.